The molecule has 2 aromatic heterocycles. The molecule has 0 aliphatic carbocycles. The number of pyridine rings is 1. The third kappa shape index (κ3) is 4.19. The summed E-state index contributed by atoms with van der Waals surface area (Å²) in [5.41, 5.74) is 0.251. The maximum atomic E-state index is 12.3. The van der Waals surface area contributed by atoms with Crippen LogP contribution in [0, 0.1) is 0 Å². The predicted octanol–water partition coefficient (Wildman–Crippen LogP) is 4.11. The Labute approximate surface area is 133 Å². The van der Waals surface area contributed by atoms with E-state index in [9.17, 15) is 4.79 Å². The fourth-order valence-electron chi connectivity index (χ4n) is 1.83. The number of anilines is 1. The molecule has 0 aliphatic heterocycles. The number of amides is 1. The lowest BCUT2D eigenvalue weighted by atomic mass is 10.2. The van der Waals surface area contributed by atoms with Gasteiger partial charge in [0, 0.05) is 11.4 Å². The molecule has 2 rings (SSSR count). The molecule has 0 spiro atoms. The number of hydrogen-bond acceptors (Lipinski definition) is 4. The Morgan fingerprint density at radius 3 is 2.90 bits per heavy atom. The molecule has 4 nitrogen and oxygen atoms in total. The van der Waals surface area contributed by atoms with E-state index < -0.39 is 0 Å². The second-order valence-electron chi connectivity index (χ2n) is 4.66. The van der Waals surface area contributed by atoms with Crippen molar-refractivity contribution in [1.82, 2.24) is 10.3 Å². The molecule has 0 bridgehead atoms. The highest BCUT2D eigenvalue weighted by Gasteiger charge is 2.16. The van der Waals surface area contributed by atoms with Gasteiger partial charge in [-0.1, -0.05) is 24.6 Å². The molecule has 0 aromatic carbocycles. The topological polar surface area (TPSA) is 54.0 Å². The maximum absolute atomic E-state index is 12.3. The van der Waals surface area contributed by atoms with E-state index in [1.165, 1.54) is 0 Å². The molecule has 2 heterocycles. The average Bonchev–Trinajstić information content (AvgIpc) is 3.00. The van der Waals surface area contributed by atoms with Gasteiger partial charge in [-0.3, -0.25) is 4.79 Å². The van der Waals surface area contributed by atoms with E-state index in [0.717, 1.165) is 17.8 Å². The average molecular weight is 324 g/mol. The third-order valence-corrected chi connectivity index (χ3v) is 4.29. The lowest BCUT2D eigenvalue weighted by molar-refractivity contribution is 0.0936. The molecule has 0 fully saturated rings. The van der Waals surface area contributed by atoms with Crippen molar-refractivity contribution < 1.29 is 4.79 Å². The molecular weight excluding hydrogens is 306 g/mol. The molecule has 1 unspecified atom stereocenters. The monoisotopic (exact) mass is 323 g/mol. The van der Waals surface area contributed by atoms with Gasteiger partial charge in [-0.05, 0) is 36.9 Å². The molecule has 112 valence electrons. The van der Waals surface area contributed by atoms with Crippen molar-refractivity contribution in [3.63, 3.8) is 0 Å². The van der Waals surface area contributed by atoms with E-state index >= 15 is 0 Å². The zero-order valence-corrected chi connectivity index (χ0v) is 13.6. The first-order valence-corrected chi connectivity index (χ1v) is 8.12. The second-order valence-corrected chi connectivity index (χ2v) is 6.05. The van der Waals surface area contributed by atoms with E-state index in [1.807, 2.05) is 24.4 Å². The van der Waals surface area contributed by atoms with Crippen LogP contribution in [0.1, 0.15) is 41.7 Å². The van der Waals surface area contributed by atoms with Gasteiger partial charge in [0.25, 0.3) is 5.91 Å². The van der Waals surface area contributed by atoms with Crippen molar-refractivity contribution in [3.8, 4) is 0 Å². The van der Waals surface area contributed by atoms with Crippen LogP contribution in [-0.4, -0.2) is 17.4 Å². The van der Waals surface area contributed by atoms with Crippen LogP contribution < -0.4 is 10.6 Å². The summed E-state index contributed by atoms with van der Waals surface area (Å²) in [6.45, 7) is 4.82. The van der Waals surface area contributed by atoms with Gasteiger partial charge in [-0.2, -0.15) is 0 Å². The van der Waals surface area contributed by atoms with Crippen LogP contribution in [0.4, 0.5) is 5.82 Å². The van der Waals surface area contributed by atoms with Crippen LogP contribution in [0.15, 0.2) is 29.6 Å². The number of halogens is 1. The molecule has 0 saturated heterocycles. The minimum absolute atomic E-state index is 0.0670. The summed E-state index contributed by atoms with van der Waals surface area (Å²) < 4.78 is 0. The van der Waals surface area contributed by atoms with Gasteiger partial charge in [0.2, 0.25) is 0 Å². The maximum Gasteiger partial charge on any atom is 0.272 e. The molecule has 2 N–H and O–H groups in total. The Balaban J connectivity index is 2.10. The molecular formula is C15H18ClN3OS. The molecule has 1 atom stereocenters. The summed E-state index contributed by atoms with van der Waals surface area (Å²) in [5.74, 6) is 0.399. The molecule has 21 heavy (non-hydrogen) atoms. The van der Waals surface area contributed by atoms with Crippen LogP contribution in [0.25, 0.3) is 0 Å². The SMILES string of the molecule is CCCNc1ccc(Cl)c(C(=O)NC(C)c2cccs2)n1. The lowest BCUT2D eigenvalue weighted by Gasteiger charge is -2.13. The van der Waals surface area contributed by atoms with Crippen LogP contribution in [-0.2, 0) is 0 Å². The number of rotatable bonds is 6. The Morgan fingerprint density at radius 1 is 1.43 bits per heavy atom. The Hall–Kier alpha value is -1.59. The number of nitrogens with one attached hydrogen (secondary N) is 2. The van der Waals surface area contributed by atoms with Crippen LogP contribution in [0.5, 0.6) is 0 Å². The second kappa shape index (κ2) is 7.43. The van der Waals surface area contributed by atoms with E-state index in [1.54, 1.807) is 23.5 Å². The fourth-order valence-corrected chi connectivity index (χ4v) is 2.75. The predicted molar refractivity (Wildman–Crippen MR) is 88.2 cm³/mol. The van der Waals surface area contributed by atoms with Gasteiger partial charge in [0.15, 0.2) is 0 Å². The molecule has 6 heteroatoms. The van der Waals surface area contributed by atoms with Gasteiger partial charge in [0.1, 0.15) is 11.5 Å². The van der Waals surface area contributed by atoms with Gasteiger partial charge in [-0.15, -0.1) is 11.3 Å². The van der Waals surface area contributed by atoms with Crippen molar-refractivity contribution in [3.05, 3.63) is 45.2 Å². The number of thiophene rings is 1. The minimum Gasteiger partial charge on any atom is -0.370 e. The van der Waals surface area contributed by atoms with Gasteiger partial charge < -0.3 is 10.6 Å². The number of hydrogen-bond donors (Lipinski definition) is 2. The first kappa shape index (κ1) is 15.8. The summed E-state index contributed by atoms with van der Waals surface area (Å²) in [6.07, 6.45) is 0.987. The number of carbonyl (C=O) groups excluding carboxylic acids is 1. The molecule has 1 amide bonds. The fraction of sp³-hybridized carbons (Fsp3) is 0.333. The highest BCUT2D eigenvalue weighted by Crippen LogP contribution is 2.21. The number of aromatic nitrogens is 1. The number of nitrogens with zero attached hydrogens (tertiary/aromatic N) is 1. The Bertz CT molecular complexity index is 601. The first-order chi connectivity index (χ1) is 10.1. The van der Waals surface area contributed by atoms with Crippen LogP contribution in [0.2, 0.25) is 5.02 Å². The Kier molecular flexibility index (Phi) is 5.59. The van der Waals surface area contributed by atoms with Crippen LogP contribution >= 0.6 is 22.9 Å². The zero-order chi connectivity index (χ0) is 15.2. The normalized spacial score (nSPS) is 12.0. The van der Waals surface area contributed by atoms with Crippen molar-refractivity contribution in [2.45, 2.75) is 26.3 Å². The summed E-state index contributed by atoms with van der Waals surface area (Å²) >= 11 is 7.69. The molecule has 0 saturated carbocycles. The highest BCUT2D eigenvalue weighted by atomic mass is 35.5. The lowest BCUT2D eigenvalue weighted by Crippen LogP contribution is -2.27. The largest absolute Gasteiger partial charge is 0.370 e. The third-order valence-electron chi connectivity index (χ3n) is 2.93. The Morgan fingerprint density at radius 2 is 2.24 bits per heavy atom. The number of carbonyl (C=O) groups is 1. The standard InChI is InChI=1S/C15H18ClN3OS/c1-3-8-17-13-7-6-11(16)14(19-13)15(20)18-10(2)12-5-4-9-21-12/h4-7,9-10H,3,8H2,1-2H3,(H,17,19)(H,18,20). The summed E-state index contributed by atoms with van der Waals surface area (Å²) in [7, 11) is 0. The van der Waals surface area contributed by atoms with Gasteiger partial charge in [0.05, 0.1) is 11.1 Å². The van der Waals surface area contributed by atoms with Crippen molar-refractivity contribution in [2.75, 3.05) is 11.9 Å². The van der Waals surface area contributed by atoms with Gasteiger partial charge in [-0.25, -0.2) is 4.98 Å². The van der Waals surface area contributed by atoms with Crippen molar-refractivity contribution in [2.24, 2.45) is 0 Å². The quantitative estimate of drug-likeness (QED) is 0.841. The van der Waals surface area contributed by atoms with Gasteiger partial charge >= 0.3 is 0 Å². The van der Waals surface area contributed by atoms with E-state index in [2.05, 4.69) is 22.5 Å². The van der Waals surface area contributed by atoms with E-state index in [-0.39, 0.29) is 17.6 Å². The van der Waals surface area contributed by atoms with Crippen molar-refractivity contribution in [1.29, 1.82) is 0 Å². The van der Waals surface area contributed by atoms with E-state index in [0.29, 0.717) is 10.8 Å². The molecule has 0 aliphatic rings. The van der Waals surface area contributed by atoms with Crippen molar-refractivity contribution >= 4 is 34.7 Å². The zero-order valence-electron chi connectivity index (χ0n) is 12.0. The molecule has 2 aromatic rings. The summed E-state index contributed by atoms with van der Waals surface area (Å²) in [6, 6.07) is 7.35. The molecule has 0 radical (unpaired) electrons. The first-order valence-electron chi connectivity index (χ1n) is 6.86. The van der Waals surface area contributed by atoms with Crippen LogP contribution in [0.3, 0.4) is 0 Å². The van der Waals surface area contributed by atoms with E-state index in [4.69, 9.17) is 11.6 Å². The minimum atomic E-state index is -0.263. The highest BCUT2D eigenvalue weighted by molar-refractivity contribution is 7.10. The summed E-state index contributed by atoms with van der Waals surface area (Å²) in [5, 5.41) is 8.41. The smallest absolute Gasteiger partial charge is 0.272 e. The summed E-state index contributed by atoms with van der Waals surface area (Å²) in [4.78, 5) is 17.7.